The number of carbonyl (C=O) groups excluding carboxylic acids is 3. The minimum atomic E-state index is -0.329. The molecule has 7 heteroatoms. The molecule has 2 aliphatic heterocycles. The van der Waals surface area contributed by atoms with Crippen molar-refractivity contribution in [2.75, 3.05) is 34.8 Å². The number of nitrogens with zero attached hydrogens (tertiary/aromatic N) is 2. The molecule has 28 heavy (non-hydrogen) atoms. The Kier molecular flexibility index (Phi) is 4.97. The number of rotatable bonds is 4. The molecule has 0 aromatic heterocycles. The maximum absolute atomic E-state index is 12.7. The zero-order valence-electron chi connectivity index (χ0n) is 15.4. The largest absolute Gasteiger partial charge is 0.491 e. The lowest BCUT2D eigenvalue weighted by atomic mass is 10.2. The molecular formula is C21H21N3O4. The molecule has 0 unspecified atom stereocenters. The van der Waals surface area contributed by atoms with Gasteiger partial charge in [0, 0.05) is 13.0 Å². The average Bonchev–Trinajstić information content (AvgIpc) is 3.06. The highest BCUT2D eigenvalue weighted by atomic mass is 16.5. The molecular weight excluding hydrogens is 358 g/mol. The van der Waals surface area contributed by atoms with Gasteiger partial charge in [-0.15, -0.1) is 0 Å². The highest BCUT2D eigenvalue weighted by molar-refractivity contribution is 6.06. The summed E-state index contributed by atoms with van der Waals surface area (Å²) in [6.45, 7) is 0.802. The fraction of sp³-hybridized carbons (Fsp3) is 0.286. The Labute approximate surface area is 162 Å². The van der Waals surface area contributed by atoms with Gasteiger partial charge in [-0.05, 0) is 30.7 Å². The number of benzene rings is 2. The lowest BCUT2D eigenvalue weighted by Crippen LogP contribution is -2.38. The predicted molar refractivity (Wildman–Crippen MR) is 106 cm³/mol. The Bertz CT molecular complexity index is 927. The average molecular weight is 379 g/mol. The molecule has 0 atom stereocenters. The Morgan fingerprint density at radius 3 is 2.50 bits per heavy atom. The highest BCUT2D eigenvalue weighted by Crippen LogP contribution is 2.32. The first-order chi connectivity index (χ1) is 13.6. The molecule has 1 N–H and O–H groups in total. The number of anilines is 3. The van der Waals surface area contributed by atoms with Crippen molar-refractivity contribution in [3.8, 4) is 5.75 Å². The van der Waals surface area contributed by atoms with Gasteiger partial charge in [0.25, 0.3) is 0 Å². The molecule has 144 valence electrons. The number of ether oxygens (including phenoxy) is 1. The molecule has 4 rings (SSSR count). The summed E-state index contributed by atoms with van der Waals surface area (Å²) in [6, 6.07) is 14.4. The fourth-order valence-electron chi connectivity index (χ4n) is 3.54. The van der Waals surface area contributed by atoms with Crippen molar-refractivity contribution in [3.05, 3.63) is 48.5 Å². The first-order valence-electron chi connectivity index (χ1n) is 9.35. The van der Waals surface area contributed by atoms with Gasteiger partial charge in [0.2, 0.25) is 17.7 Å². The summed E-state index contributed by atoms with van der Waals surface area (Å²) in [5.74, 6) is 0.145. The van der Waals surface area contributed by atoms with Crippen LogP contribution >= 0.6 is 0 Å². The Morgan fingerprint density at radius 2 is 1.71 bits per heavy atom. The zero-order valence-corrected chi connectivity index (χ0v) is 15.4. The lowest BCUT2D eigenvalue weighted by molar-refractivity contribution is -0.121. The summed E-state index contributed by atoms with van der Waals surface area (Å²) in [5, 5.41) is 2.86. The molecule has 2 aromatic carbocycles. The Hall–Kier alpha value is -3.35. The van der Waals surface area contributed by atoms with E-state index >= 15 is 0 Å². The summed E-state index contributed by atoms with van der Waals surface area (Å²) in [5.41, 5.74) is 1.84. The van der Waals surface area contributed by atoms with Crippen LogP contribution in [-0.4, -0.2) is 37.4 Å². The third-order valence-electron chi connectivity index (χ3n) is 4.87. The van der Waals surface area contributed by atoms with Crippen molar-refractivity contribution in [2.24, 2.45) is 0 Å². The molecule has 1 saturated heterocycles. The van der Waals surface area contributed by atoms with Gasteiger partial charge in [0.15, 0.2) is 0 Å². The Balaban J connectivity index is 1.54. The second kappa shape index (κ2) is 7.72. The van der Waals surface area contributed by atoms with Crippen molar-refractivity contribution in [1.82, 2.24) is 0 Å². The van der Waals surface area contributed by atoms with E-state index in [0.717, 1.165) is 6.42 Å². The number of nitrogens with one attached hydrogen (secondary N) is 1. The van der Waals surface area contributed by atoms with Gasteiger partial charge in [0.1, 0.15) is 12.3 Å². The number of para-hydroxylation sites is 4. The monoisotopic (exact) mass is 379 g/mol. The summed E-state index contributed by atoms with van der Waals surface area (Å²) in [7, 11) is 0. The quantitative estimate of drug-likeness (QED) is 0.886. The van der Waals surface area contributed by atoms with Gasteiger partial charge < -0.3 is 15.0 Å². The topological polar surface area (TPSA) is 79.0 Å². The van der Waals surface area contributed by atoms with Crippen molar-refractivity contribution >= 4 is 34.8 Å². The van der Waals surface area contributed by atoms with E-state index in [0.29, 0.717) is 35.8 Å². The van der Waals surface area contributed by atoms with E-state index in [4.69, 9.17) is 4.74 Å². The van der Waals surface area contributed by atoms with E-state index in [1.807, 2.05) is 18.2 Å². The second-order valence-corrected chi connectivity index (χ2v) is 6.76. The summed E-state index contributed by atoms with van der Waals surface area (Å²) < 4.78 is 5.61. The number of hydrogen-bond acceptors (Lipinski definition) is 4. The van der Waals surface area contributed by atoms with Crippen LogP contribution in [0.3, 0.4) is 0 Å². The number of carbonyl (C=O) groups is 3. The fourth-order valence-corrected chi connectivity index (χ4v) is 3.54. The summed E-state index contributed by atoms with van der Waals surface area (Å²) in [4.78, 5) is 40.5. The van der Waals surface area contributed by atoms with Crippen LogP contribution in [0.1, 0.15) is 19.3 Å². The van der Waals surface area contributed by atoms with E-state index in [1.165, 1.54) is 4.90 Å². The molecule has 3 amide bonds. The standard InChI is InChI=1S/C21H21N3O4/c25-19(14-24-17-8-3-4-9-18(17)28-13-11-21(24)27)22-15-6-1-2-7-16(15)23-12-5-10-20(23)26/h1-4,6-9H,5,10-14H2,(H,22,25). The molecule has 0 aliphatic carbocycles. The first kappa shape index (κ1) is 18.0. The maximum Gasteiger partial charge on any atom is 0.244 e. The smallest absolute Gasteiger partial charge is 0.244 e. The minimum Gasteiger partial charge on any atom is -0.491 e. The van der Waals surface area contributed by atoms with Crippen molar-refractivity contribution in [1.29, 1.82) is 0 Å². The van der Waals surface area contributed by atoms with Crippen molar-refractivity contribution in [3.63, 3.8) is 0 Å². The predicted octanol–water partition coefficient (Wildman–Crippen LogP) is 2.57. The van der Waals surface area contributed by atoms with Crippen molar-refractivity contribution in [2.45, 2.75) is 19.3 Å². The second-order valence-electron chi connectivity index (χ2n) is 6.76. The SMILES string of the molecule is O=C(CN1C(=O)CCOc2ccccc21)Nc1ccccc1N1CCCC1=O. The Morgan fingerprint density at radius 1 is 0.964 bits per heavy atom. The molecule has 2 aliphatic rings. The van der Waals surface area contributed by atoms with Crippen LogP contribution < -0.4 is 19.9 Å². The van der Waals surface area contributed by atoms with Gasteiger partial charge in [0.05, 0.1) is 30.1 Å². The molecule has 2 heterocycles. The van der Waals surface area contributed by atoms with E-state index < -0.39 is 0 Å². The summed E-state index contributed by atoms with van der Waals surface area (Å²) in [6.07, 6.45) is 1.53. The van der Waals surface area contributed by atoms with Gasteiger partial charge in [-0.25, -0.2) is 0 Å². The maximum atomic E-state index is 12.7. The van der Waals surface area contributed by atoms with Crippen LogP contribution in [0, 0.1) is 0 Å². The lowest BCUT2D eigenvalue weighted by Gasteiger charge is -2.23. The van der Waals surface area contributed by atoms with E-state index in [9.17, 15) is 14.4 Å². The molecule has 0 saturated carbocycles. The van der Waals surface area contributed by atoms with Crippen LogP contribution in [0.15, 0.2) is 48.5 Å². The highest BCUT2D eigenvalue weighted by Gasteiger charge is 2.27. The third-order valence-corrected chi connectivity index (χ3v) is 4.87. The van der Waals surface area contributed by atoms with Crippen LogP contribution in [0.2, 0.25) is 0 Å². The molecule has 0 bridgehead atoms. The number of amides is 3. The molecule has 0 spiro atoms. The number of hydrogen-bond donors (Lipinski definition) is 1. The van der Waals surface area contributed by atoms with Crippen LogP contribution in [0.5, 0.6) is 5.75 Å². The molecule has 0 radical (unpaired) electrons. The molecule has 1 fully saturated rings. The van der Waals surface area contributed by atoms with Gasteiger partial charge >= 0.3 is 0 Å². The molecule has 7 nitrogen and oxygen atoms in total. The van der Waals surface area contributed by atoms with Crippen LogP contribution in [0.25, 0.3) is 0 Å². The molecule has 2 aromatic rings. The van der Waals surface area contributed by atoms with Gasteiger partial charge in [-0.2, -0.15) is 0 Å². The zero-order chi connectivity index (χ0) is 19.5. The van der Waals surface area contributed by atoms with E-state index in [2.05, 4.69) is 5.32 Å². The van der Waals surface area contributed by atoms with Gasteiger partial charge in [-0.3, -0.25) is 19.3 Å². The summed E-state index contributed by atoms with van der Waals surface area (Å²) >= 11 is 0. The van der Waals surface area contributed by atoms with E-state index in [1.54, 1.807) is 35.2 Å². The number of fused-ring (bicyclic) bond motifs is 1. The van der Waals surface area contributed by atoms with Gasteiger partial charge in [-0.1, -0.05) is 24.3 Å². The third kappa shape index (κ3) is 3.55. The minimum absolute atomic E-state index is 0.0514. The first-order valence-corrected chi connectivity index (χ1v) is 9.35. The van der Waals surface area contributed by atoms with E-state index in [-0.39, 0.29) is 37.3 Å². The van der Waals surface area contributed by atoms with Crippen LogP contribution in [0.4, 0.5) is 17.1 Å². The van der Waals surface area contributed by atoms with Crippen LogP contribution in [-0.2, 0) is 14.4 Å². The van der Waals surface area contributed by atoms with Crippen molar-refractivity contribution < 1.29 is 19.1 Å². The normalized spacial score (nSPS) is 16.4.